The van der Waals surface area contributed by atoms with Crippen LogP contribution in [0.15, 0.2) is 0 Å². The second-order valence-electron chi connectivity index (χ2n) is 5.36. The number of imide groups is 1. The largest absolute Gasteiger partial charge is 0.330 e. The summed E-state index contributed by atoms with van der Waals surface area (Å²) in [5.74, 6) is 0.133. The highest BCUT2D eigenvalue weighted by Crippen LogP contribution is 2.45. The van der Waals surface area contributed by atoms with Gasteiger partial charge in [0.2, 0.25) is 11.8 Å². The second kappa shape index (κ2) is 5.17. The molecule has 2 amide bonds. The van der Waals surface area contributed by atoms with E-state index in [0.717, 1.165) is 38.5 Å². The lowest BCUT2D eigenvalue weighted by atomic mass is 9.73. The lowest BCUT2D eigenvalue weighted by molar-refractivity contribution is -0.142. The smallest absolute Gasteiger partial charge is 0.235 e. The Kier molecular flexibility index (Phi) is 3.82. The Labute approximate surface area is 103 Å². The topological polar surface area (TPSA) is 63.4 Å². The molecule has 2 N–H and O–H groups in total. The van der Waals surface area contributed by atoms with Crippen molar-refractivity contribution >= 4 is 11.8 Å². The summed E-state index contributed by atoms with van der Waals surface area (Å²) in [5.41, 5.74) is 5.11. The van der Waals surface area contributed by atoms with E-state index < -0.39 is 0 Å². The summed E-state index contributed by atoms with van der Waals surface area (Å²) in [5, 5.41) is 0. The highest BCUT2D eigenvalue weighted by molar-refractivity contribution is 6.05. The van der Waals surface area contributed by atoms with E-state index >= 15 is 0 Å². The van der Waals surface area contributed by atoms with Crippen molar-refractivity contribution in [3.05, 3.63) is 0 Å². The van der Waals surface area contributed by atoms with Gasteiger partial charge < -0.3 is 5.73 Å². The maximum Gasteiger partial charge on any atom is 0.235 e. The van der Waals surface area contributed by atoms with Gasteiger partial charge in [-0.25, -0.2) is 0 Å². The minimum Gasteiger partial charge on any atom is -0.330 e. The van der Waals surface area contributed by atoms with Crippen LogP contribution in [0.2, 0.25) is 0 Å². The van der Waals surface area contributed by atoms with Gasteiger partial charge in [0.15, 0.2) is 0 Å². The Morgan fingerprint density at radius 2 is 1.82 bits per heavy atom. The van der Waals surface area contributed by atoms with Crippen molar-refractivity contribution in [2.75, 3.05) is 13.1 Å². The molecule has 0 unspecified atom stereocenters. The average Bonchev–Trinajstić information content (AvgIpc) is 2.55. The van der Waals surface area contributed by atoms with E-state index in [2.05, 4.69) is 0 Å². The highest BCUT2D eigenvalue weighted by Gasteiger charge is 2.50. The minimum absolute atomic E-state index is 0.0360. The van der Waals surface area contributed by atoms with Gasteiger partial charge in [0, 0.05) is 13.0 Å². The molecule has 17 heavy (non-hydrogen) atoms. The van der Waals surface area contributed by atoms with E-state index in [4.69, 9.17) is 5.73 Å². The molecule has 0 bridgehead atoms. The molecule has 1 spiro atoms. The molecule has 4 nitrogen and oxygen atoms in total. The van der Waals surface area contributed by atoms with Gasteiger partial charge in [-0.2, -0.15) is 0 Å². The second-order valence-corrected chi connectivity index (χ2v) is 5.36. The molecular weight excluding hydrogens is 216 g/mol. The molecule has 0 aromatic heterocycles. The van der Waals surface area contributed by atoms with Gasteiger partial charge in [-0.05, 0) is 32.2 Å². The van der Waals surface area contributed by atoms with Crippen molar-refractivity contribution < 1.29 is 9.59 Å². The minimum atomic E-state index is -0.321. The number of nitrogens with two attached hydrogens (primary N) is 1. The predicted molar refractivity (Wildman–Crippen MR) is 65.1 cm³/mol. The Hall–Kier alpha value is -0.900. The molecule has 4 heteroatoms. The maximum absolute atomic E-state index is 12.4. The van der Waals surface area contributed by atoms with Gasteiger partial charge in [0.25, 0.3) is 0 Å². The number of hydrogen-bond donors (Lipinski definition) is 1. The Bertz CT molecular complexity index is 309. The zero-order valence-electron chi connectivity index (χ0n) is 10.4. The Balaban J connectivity index is 2.00. The van der Waals surface area contributed by atoms with Gasteiger partial charge in [-0.1, -0.05) is 19.3 Å². The van der Waals surface area contributed by atoms with Gasteiger partial charge in [-0.3, -0.25) is 14.5 Å². The van der Waals surface area contributed by atoms with Crippen LogP contribution in [0.3, 0.4) is 0 Å². The van der Waals surface area contributed by atoms with Crippen molar-refractivity contribution in [3.8, 4) is 0 Å². The van der Waals surface area contributed by atoms with Crippen LogP contribution in [0.5, 0.6) is 0 Å². The summed E-state index contributed by atoms with van der Waals surface area (Å²) < 4.78 is 0. The van der Waals surface area contributed by atoms with Gasteiger partial charge in [0.05, 0.1) is 5.41 Å². The first kappa shape index (κ1) is 12.6. The van der Waals surface area contributed by atoms with E-state index in [1.165, 1.54) is 11.3 Å². The third-order valence-corrected chi connectivity index (χ3v) is 4.14. The molecule has 1 saturated heterocycles. The number of carbonyl (C=O) groups excluding carboxylic acids is 2. The summed E-state index contributed by atoms with van der Waals surface area (Å²) in [7, 11) is 0. The summed E-state index contributed by atoms with van der Waals surface area (Å²) in [6.45, 7) is 1.19. The van der Waals surface area contributed by atoms with E-state index in [9.17, 15) is 9.59 Å². The summed E-state index contributed by atoms with van der Waals surface area (Å²) in [4.78, 5) is 25.8. The van der Waals surface area contributed by atoms with E-state index in [1.54, 1.807) is 0 Å². The van der Waals surface area contributed by atoms with Crippen molar-refractivity contribution in [1.82, 2.24) is 4.90 Å². The molecule has 0 aromatic rings. The van der Waals surface area contributed by atoms with Crippen LogP contribution in [0, 0.1) is 5.41 Å². The highest BCUT2D eigenvalue weighted by atomic mass is 16.2. The molecule has 0 aromatic carbocycles. The molecule has 96 valence electrons. The molecule has 1 saturated carbocycles. The molecule has 2 fully saturated rings. The fourth-order valence-electron chi connectivity index (χ4n) is 3.12. The quantitative estimate of drug-likeness (QED) is 0.595. The summed E-state index contributed by atoms with van der Waals surface area (Å²) in [6.07, 6.45) is 7.38. The van der Waals surface area contributed by atoms with E-state index in [1.807, 2.05) is 0 Å². The number of rotatable bonds is 4. The SMILES string of the molecule is NCCCCN1C(=O)CC2(CCCCC2)C1=O. The van der Waals surface area contributed by atoms with Gasteiger partial charge in [0.1, 0.15) is 0 Å². The number of nitrogens with zero attached hydrogens (tertiary/aromatic N) is 1. The van der Waals surface area contributed by atoms with Crippen LogP contribution in [0.1, 0.15) is 51.4 Å². The van der Waals surface area contributed by atoms with Crippen molar-refractivity contribution in [2.24, 2.45) is 11.1 Å². The van der Waals surface area contributed by atoms with Crippen molar-refractivity contribution in [2.45, 2.75) is 51.4 Å². The molecule has 0 radical (unpaired) electrons. The molecule has 0 atom stereocenters. The lowest BCUT2D eigenvalue weighted by Crippen LogP contribution is -2.37. The monoisotopic (exact) mass is 238 g/mol. The first-order chi connectivity index (χ1) is 8.19. The van der Waals surface area contributed by atoms with Crippen LogP contribution in [0.25, 0.3) is 0 Å². The zero-order valence-corrected chi connectivity index (χ0v) is 10.4. The maximum atomic E-state index is 12.4. The number of carbonyl (C=O) groups is 2. The van der Waals surface area contributed by atoms with Crippen LogP contribution in [0.4, 0.5) is 0 Å². The first-order valence-corrected chi connectivity index (χ1v) is 6.74. The van der Waals surface area contributed by atoms with Gasteiger partial charge in [-0.15, -0.1) is 0 Å². The Morgan fingerprint density at radius 3 is 2.47 bits per heavy atom. The number of likely N-dealkylation sites (tertiary alicyclic amines) is 1. The molecule has 1 aliphatic carbocycles. The molecule has 1 heterocycles. The van der Waals surface area contributed by atoms with Crippen molar-refractivity contribution in [1.29, 1.82) is 0 Å². The average molecular weight is 238 g/mol. The standard InChI is InChI=1S/C13H22N2O2/c14-8-4-5-9-15-11(16)10-13(12(15)17)6-2-1-3-7-13/h1-10,14H2. The normalized spacial score (nSPS) is 23.7. The molecule has 2 rings (SSSR count). The van der Waals surface area contributed by atoms with Crippen LogP contribution in [-0.4, -0.2) is 29.8 Å². The third-order valence-electron chi connectivity index (χ3n) is 4.14. The van der Waals surface area contributed by atoms with E-state index in [-0.39, 0.29) is 17.2 Å². The van der Waals surface area contributed by atoms with Crippen molar-refractivity contribution in [3.63, 3.8) is 0 Å². The fraction of sp³-hybridized carbons (Fsp3) is 0.846. The molecular formula is C13H22N2O2. The molecule has 2 aliphatic rings. The zero-order chi connectivity index (χ0) is 12.3. The number of hydrogen-bond acceptors (Lipinski definition) is 3. The van der Waals surface area contributed by atoms with Crippen LogP contribution < -0.4 is 5.73 Å². The van der Waals surface area contributed by atoms with Crippen LogP contribution >= 0.6 is 0 Å². The first-order valence-electron chi connectivity index (χ1n) is 6.74. The van der Waals surface area contributed by atoms with Crippen LogP contribution in [-0.2, 0) is 9.59 Å². The fourth-order valence-corrected chi connectivity index (χ4v) is 3.12. The number of amides is 2. The Morgan fingerprint density at radius 1 is 1.12 bits per heavy atom. The molecule has 1 aliphatic heterocycles. The predicted octanol–water partition coefficient (Wildman–Crippen LogP) is 1.43. The van der Waals surface area contributed by atoms with E-state index in [0.29, 0.717) is 19.5 Å². The summed E-state index contributed by atoms with van der Waals surface area (Å²) >= 11 is 0. The number of unbranched alkanes of at least 4 members (excludes halogenated alkanes) is 1. The summed E-state index contributed by atoms with van der Waals surface area (Å²) in [6, 6.07) is 0. The lowest BCUT2D eigenvalue weighted by Gasteiger charge is -2.30. The third kappa shape index (κ3) is 2.37. The van der Waals surface area contributed by atoms with Gasteiger partial charge >= 0.3 is 0 Å².